The fraction of sp³-hybridized carbons (Fsp3) is 0.296. The van der Waals surface area contributed by atoms with Crippen molar-refractivity contribution in [3.63, 3.8) is 0 Å². The molecular formula is C27H25F3N6O2S. The van der Waals surface area contributed by atoms with Crippen LogP contribution in [-0.4, -0.2) is 38.2 Å². The summed E-state index contributed by atoms with van der Waals surface area (Å²) in [7, 11) is 0. The van der Waals surface area contributed by atoms with Gasteiger partial charge in [-0.25, -0.2) is 9.97 Å². The number of alkyl halides is 3. The van der Waals surface area contributed by atoms with Crippen molar-refractivity contribution in [1.29, 1.82) is 0 Å². The Morgan fingerprint density at radius 2 is 1.74 bits per heavy atom. The first-order valence-corrected chi connectivity index (χ1v) is 13.3. The maximum absolute atomic E-state index is 13.6. The summed E-state index contributed by atoms with van der Waals surface area (Å²) in [4.78, 5) is 36.4. The van der Waals surface area contributed by atoms with Gasteiger partial charge in [0.1, 0.15) is 0 Å². The Balaban J connectivity index is 1.17. The highest BCUT2D eigenvalue weighted by atomic mass is 32.2. The van der Waals surface area contributed by atoms with E-state index in [2.05, 4.69) is 30.9 Å². The van der Waals surface area contributed by atoms with Gasteiger partial charge in [-0.15, -0.1) is 0 Å². The Morgan fingerprint density at radius 3 is 2.49 bits per heavy atom. The fourth-order valence-corrected chi connectivity index (χ4v) is 5.38. The average Bonchev–Trinajstić information content (AvgIpc) is 3.24. The molecule has 3 heterocycles. The number of amides is 2. The zero-order chi connectivity index (χ0) is 27.4. The molecule has 5 rings (SSSR count). The Kier molecular flexibility index (Phi) is 7.94. The number of nitrogens with one attached hydrogen (secondary N) is 3. The van der Waals surface area contributed by atoms with Crippen LogP contribution in [0, 0.1) is 0 Å². The Labute approximate surface area is 226 Å². The summed E-state index contributed by atoms with van der Waals surface area (Å²) in [6.45, 7) is 0.409. The first kappa shape index (κ1) is 26.8. The maximum atomic E-state index is 13.6. The van der Waals surface area contributed by atoms with Gasteiger partial charge in [0.2, 0.25) is 5.95 Å². The summed E-state index contributed by atoms with van der Waals surface area (Å²) in [5.74, 6) is 0.00531. The first-order chi connectivity index (χ1) is 18.8. The topological polar surface area (TPSA) is 109 Å². The lowest BCUT2D eigenvalue weighted by atomic mass is 9.91. The molecule has 12 heteroatoms. The highest BCUT2D eigenvalue weighted by Gasteiger charge is 2.34. The van der Waals surface area contributed by atoms with E-state index in [-0.39, 0.29) is 22.6 Å². The Hall–Kier alpha value is -3.77. The van der Waals surface area contributed by atoms with Gasteiger partial charge in [-0.2, -0.15) is 13.2 Å². The molecule has 0 bridgehead atoms. The first-order valence-electron chi connectivity index (χ1n) is 12.4. The molecule has 1 aliphatic heterocycles. The molecule has 202 valence electrons. The summed E-state index contributed by atoms with van der Waals surface area (Å²) >= 11 is 0.834. The number of rotatable bonds is 7. The van der Waals surface area contributed by atoms with Crippen LogP contribution in [0.2, 0.25) is 0 Å². The molecule has 0 radical (unpaired) electrons. The van der Waals surface area contributed by atoms with Gasteiger partial charge in [0.15, 0.2) is 0 Å². The number of carbonyl (C=O) groups excluding carboxylic acids is 2. The van der Waals surface area contributed by atoms with Crippen LogP contribution in [0.5, 0.6) is 0 Å². The number of aromatic nitrogens is 3. The van der Waals surface area contributed by atoms with Gasteiger partial charge in [0.05, 0.1) is 21.9 Å². The van der Waals surface area contributed by atoms with Crippen LogP contribution in [-0.2, 0) is 17.5 Å². The smallest absolute Gasteiger partial charge is 0.351 e. The van der Waals surface area contributed by atoms with Crippen molar-refractivity contribution >= 4 is 34.9 Å². The van der Waals surface area contributed by atoms with E-state index in [0.29, 0.717) is 29.4 Å². The van der Waals surface area contributed by atoms with Crippen LogP contribution in [0.1, 0.15) is 42.5 Å². The van der Waals surface area contributed by atoms with Gasteiger partial charge < -0.3 is 10.6 Å². The van der Waals surface area contributed by atoms with E-state index in [4.69, 9.17) is 0 Å². The summed E-state index contributed by atoms with van der Waals surface area (Å²) in [5, 5.41) is 8.64. The van der Waals surface area contributed by atoms with Crippen molar-refractivity contribution < 1.29 is 22.8 Å². The van der Waals surface area contributed by atoms with Crippen LogP contribution in [0.25, 0.3) is 17.3 Å². The molecule has 1 saturated heterocycles. The van der Waals surface area contributed by atoms with E-state index in [9.17, 15) is 22.8 Å². The number of thioether (sulfide) groups is 1. The zero-order valence-electron chi connectivity index (χ0n) is 20.7. The van der Waals surface area contributed by atoms with Crippen molar-refractivity contribution in [3.8, 4) is 11.3 Å². The molecular weight excluding hydrogens is 529 g/mol. The van der Waals surface area contributed by atoms with E-state index >= 15 is 0 Å². The third kappa shape index (κ3) is 6.63. The van der Waals surface area contributed by atoms with Crippen LogP contribution < -0.4 is 16.0 Å². The summed E-state index contributed by atoms with van der Waals surface area (Å²) in [6.07, 6.45) is 3.65. The van der Waals surface area contributed by atoms with Crippen molar-refractivity contribution in [1.82, 2.24) is 25.6 Å². The van der Waals surface area contributed by atoms with Crippen LogP contribution in [0.4, 0.5) is 23.9 Å². The molecule has 1 saturated carbocycles. The molecule has 1 aliphatic carbocycles. The van der Waals surface area contributed by atoms with Gasteiger partial charge in [-0.3, -0.25) is 19.9 Å². The quantitative estimate of drug-likeness (QED) is 0.334. The molecule has 0 unspecified atom stereocenters. The monoisotopic (exact) mass is 554 g/mol. The fourth-order valence-electron chi connectivity index (χ4n) is 4.72. The highest BCUT2D eigenvalue weighted by Crippen LogP contribution is 2.37. The number of imide groups is 1. The van der Waals surface area contributed by atoms with Gasteiger partial charge in [-0.1, -0.05) is 24.3 Å². The molecule has 3 aromatic rings. The van der Waals surface area contributed by atoms with Crippen molar-refractivity contribution in [2.45, 2.75) is 50.5 Å². The lowest BCUT2D eigenvalue weighted by molar-refractivity contribution is -0.137. The number of benzene rings is 1. The minimum Gasteiger partial charge on any atom is -0.351 e. The molecule has 3 N–H and O–H groups in total. The van der Waals surface area contributed by atoms with E-state index in [1.807, 2.05) is 0 Å². The van der Waals surface area contributed by atoms with Gasteiger partial charge in [0.25, 0.3) is 11.1 Å². The maximum Gasteiger partial charge on any atom is 0.417 e. The summed E-state index contributed by atoms with van der Waals surface area (Å²) < 4.78 is 40.8. The number of nitrogens with zero attached hydrogens (tertiary/aromatic N) is 3. The van der Waals surface area contributed by atoms with E-state index in [1.54, 1.807) is 36.5 Å². The summed E-state index contributed by atoms with van der Waals surface area (Å²) in [6, 6.07) is 11.1. The standard InChI is InChI=1S/C27H25F3N6O2S/c28-27(29,30)21-6-2-1-5-20(21)23-16(4-3-12-31-23)15-33-17-7-9-18(10-8-17)34-25-32-13-11-19(35-25)14-22-24(37)36-26(38)39-22/h1-6,11-14,17-18,33H,7-10,15H2,(H,32,34,35)(H,36,37,38)/b22-14+. The Bertz CT molecular complexity index is 1410. The zero-order valence-corrected chi connectivity index (χ0v) is 21.5. The van der Waals surface area contributed by atoms with Crippen LogP contribution >= 0.6 is 11.8 Å². The Morgan fingerprint density at radius 1 is 0.974 bits per heavy atom. The normalized spacial score (nSPS) is 20.7. The number of pyridine rings is 1. The second kappa shape index (κ2) is 11.5. The number of hydrogen-bond acceptors (Lipinski definition) is 8. The third-order valence-corrected chi connectivity index (χ3v) is 7.43. The largest absolute Gasteiger partial charge is 0.417 e. The SMILES string of the molecule is O=C1NC(=O)/C(=C\c2ccnc(NC3CCC(NCc4cccnc4-c4ccccc4C(F)(F)F)CC3)n2)S1. The third-order valence-electron chi connectivity index (χ3n) is 6.62. The molecule has 1 aromatic carbocycles. The number of hydrogen-bond donors (Lipinski definition) is 3. The minimum atomic E-state index is -4.46. The summed E-state index contributed by atoms with van der Waals surface area (Å²) in [5.41, 5.74) is 0.946. The predicted octanol–water partition coefficient (Wildman–Crippen LogP) is 5.39. The molecule has 2 fully saturated rings. The number of halogens is 3. The predicted molar refractivity (Wildman–Crippen MR) is 142 cm³/mol. The molecule has 39 heavy (non-hydrogen) atoms. The molecule has 0 atom stereocenters. The number of anilines is 1. The van der Waals surface area contributed by atoms with Crippen LogP contribution in [0.3, 0.4) is 0 Å². The lowest BCUT2D eigenvalue weighted by Crippen LogP contribution is -2.37. The number of carbonyl (C=O) groups is 2. The highest BCUT2D eigenvalue weighted by molar-refractivity contribution is 8.18. The van der Waals surface area contributed by atoms with E-state index < -0.39 is 22.9 Å². The van der Waals surface area contributed by atoms with Gasteiger partial charge in [0, 0.05) is 36.6 Å². The van der Waals surface area contributed by atoms with Crippen LogP contribution in [0.15, 0.2) is 59.8 Å². The average molecular weight is 555 g/mol. The van der Waals surface area contributed by atoms with E-state index in [1.165, 1.54) is 18.3 Å². The van der Waals surface area contributed by atoms with Crippen molar-refractivity contribution in [2.75, 3.05) is 5.32 Å². The van der Waals surface area contributed by atoms with E-state index in [0.717, 1.165) is 43.5 Å². The van der Waals surface area contributed by atoms with Crippen molar-refractivity contribution in [2.24, 2.45) is 0 Å². The minimum absolute atomic E-state index is 0.0759. The second-order valence-corrected chi connectivity index (χ2v) is 10.3. The van der Waals surface area contributed by atoms with Gasteiger partial charge >= 0.3 is 6.18 Å². The molecule has 2 aliphatic rings. The molecule has 2 amide bonds. The van der Waals surface area contributed by atoms with Gasteiger partial charge in [-0.05, 0) is 67.3 Å². The molecule has 0 spiro atoms. The lowest BCUT2D eigenvalue weighted by Gasteiger charge is -2.30. The van der Waals surface area contributed by atoms with Crippen molar-refractivity contribution in [3.05, 3.63) is 76.6 Å². The molecule has 8 nitrogen and oxygen atoms in total. The second-order valence-electron chi connectivity index (χ2n) is 9.29. The molecule has 2 aromatic heterocycles.